The van der Waals surface area contributed by atoms with Gasteiger partial charge in [0.15, 0.2) is 0 Å². The van der Waals surface area contributed by atoms with Crippen LogP contribution in [0.5, 0.6) is 0 Å². The summed E-state index contributed by atoms with van der Waals surface area (Å²) in [7, 11) is 0. The summed E-state index contributed by atoms with van der Waals surface area (Å²) in [6.07, 6.45) is 4.29. The first kappa shape index (κ1) is 10.1. The van der Waals surface area contributed by atoms with Gasteiger partial charge in [-0.25, -0.2) is 0 Å². The van der Waals surface area contributed by atoms with Gasteiger partial charge in [-0.3, -0.25) is 4.79 Å². The summed E-state index contributed by atoms with van der Waals surface area (Å²) < 4.78 is 5.25. The Balaban J connectivity index is 1.95. The second kappa shape index (κ2) is 4.41. The first-order valence-corrected chi connectivity index (χ1v) is 5.64. The van der Waals surface area contributed by atoms with E-state index in [4.69, 9.17) is 10.5 Å². The third-order valence-corrected chi connectivity index (χ3v) is 3.66. The van der Waals surface area contributed by atoms with E-state index >= 15 is 0 Å². The summed E-state index contributed by atoms with van der Waals surface area (Å²) in [5.41, 5.74) is 5.68. The van der Waals surface area contributed by atoms with Gasteiger partial charge in [-0.15, -0.1) is 0 Å². The van der Waals surface area contributed by atoms with E-state index in [1.165, 1.54) is 6.42 Å². The lowest BCUT2D eigenvalue weighted by molar-refractivity contribution is -0.127. The highest BCUT2D eigenvalue weighted by atomic mass is 16.5. The molecule has 3 nitrogen and oxygen atoms in total. The van der Waals surface area contributed by atoms with Crippen molar-refractivity contribution in [3.8, 4) is 0 Å². The minimum atomic E-state index is 0.173. The molecule has 2 fully saturated rings. The molecule has 3 heteroatoms. The summed E-state index contributed by atoms with van der Waals surface area (Å²) in [5.74, 6) is 1.29. The summed E-state index contributed by atoms with van der Waals surface area (Å²) in [6, 6.07) is 0. The average Bonchev–Trinajstić information content (AvgIpc) is 2.87. The maximum Gasteiger partial charge on any atom is 0.141 e. The van der Waals surface area contributed by atoms with Crippen LogP contribution in [0.2, 0.25) is 0 Å². The van der Waals surface area contributed by atoms with Crippen LogP contribution in [-0.2, 0) is 9.53 Å². The molecule has 3 unspecified atom stereocenters. The number of ether oxygens (including phenoxy) is 1. The van der Waals surface area contributed by atoms with Gasteiger partial charge in [-0.2, -0.15) is 0 Å². The van der Waals surface area contributed by atoms with Crippen molar-refractivity contribution < 1.29 is 9.53 Å². The van der Waals surface area contributed by atoms with Crippen LogP contribution in [-0.4, -0.2) is 25.5 Å². The maximum absolute atomic E-state index is 12.1. The van der Waals surface area contributed by atoms with Crippen LogP contribution in [0.15, 0.2) is 0 Å². The lowest BCUT2D eigenvalue weighted by atomic mass is 9.85. The van der Waals surface area contributed by atoms with E-state index in [9.17, 15) is 4.79 Å². The Labute approximate surface area is 85.0 Å². The average molecular weight is 197 g/mol. The third-order valence-electron chi connectivity index (χ3n) is 3.66. The molecule has 2 rings (SSSR count). The van der Waals surface area contributed by atoms with E-state index < -0.39 is 0 Å². The van der Waals surface area contributed by atoms with Crippen molar-refractivity contribution in [1.82, 2.24) is 0 Å². The van der Waals surface area contributed by atoms with Crippen molar-refractivity contribution in [2.24, 2.45) is 23.5 Å². The summed E-state index contributed by atoms with van der Waals surface area (Å²) >= 11 is 0. The smallest absolute Gasteiger partial charge is 0.141 e. The Bertz CT molecular complexity index is 211. The van der Waals surface area contributed by atoms with Crippen molar-refractivity contribution in [2.45, 2.75) is 25.7 Å². The molecule has 2 aliphatic rings. The number of ketones is 1. The van der Waals surface area contributed by atoms with Gasteiger partial charge in [0.1, 0.15) is 5.78 Å². The maximum atomic E-state index is 12.1. The van der Waals surface area contributed by atoms with Crippen LogP contribution in [0, 0.1) is 17.8 Å². The molecule has 1 saturated heterocycles. The molecule has 0 spiro atoms. The van der Waals surface area contributed by atoms with E-state index in [0.29, 0.717) is 24.9 Å². The number of nitrogens with two attached hydrogens (primary N) is 1. The molecule has 14 heavy (non-hydrogen) atoms. The largest absolute Gasteiger partial charge is 0.381 e. The van der Waals surface area contributed by atoms with Crippen molar-refractivity contribution in [3.05, 3.63) is 0 Å². The molecule has 0 aromatic heterocycles. The van der Waals surface area contributed by atoms with Gasteiger partial charge < -0.3 is 10.5 Å². The van der Waals surface area contributed by atoms with Crippen LogP contribution in [0.4, 0.5) is 0 Å². The summed E-state index contributed by atoms with van der Waals surface area (Å²) in [4.78, 5) is 12.1. The van der Waals surface area contributed by atoms with Gasteiger partial charge in [0.05, 0.1) is 6.61 Å². The SMILES string of the molecule is NCC1CCCC1C(=O)C1CCOC1. The van der Waals surface area contributed by atoms with Crippen LogP contribution >= 0.6 is 0 Å². The van der Waals surface area contributed by atoms with Crippen molar-refractivity contribution >= 4 is 5.78 Å². The van der Waals surface area contributed by atoms with Gasteiger partial charge in [0, 0.05) is 18.4 Å². The Morgan fingerprint density at radius 3 is 2.86 bits per heavy atom. The first-order chi connectivity index (χ1) is 6.83. The Morgan fingerprint density at radius 2 is 2.21 bits per heavy atom. The fourth-order valence-corrected chi connectivity index (χ4v) is 2.76. The number of hydrogen-bond donors (Lipinski definition) is 1. The molecular weight excluding hydrogens is 178 g/mol. The standard InChI is InChI=1S/C11H19NO2/c12-6-8-2-1-3-10(8)11(13)9-4-5-14-7-9/h8-10H,1-7,12H2. The number of carbonyl (C=O) groups is 1. The van der Waals surface area contributed by atoms with E-state index in [2.05, 4.69) is 0 Å². The first-order valence-electron chi connectivity index (χ1n) is 5.64. The van der Waals surface area contributed by atoms with Crippen molar-refractivity contribution in [2.75, 3.05) is 19.8 Å². The van der Waals surface area contributed by atoms with Crippen LogP contribution in [0.3, 0.4) is 0 Å². The van der Waals surface area contributed by atoms with Crippen LogP contribution in [0.1, 0.15) is 25.7 Å². The lowest BCUT2D eigenvalue weighted by Crippen LogP contribution is -2.30. The minimum Gasteiger partial charge on any atom is -0.381 e. The zero-order valence-electron chi connectivity index (χ0n) is 8.58. The molecule has 3 atom stereocenters. The highest BCUT2D eigenvalue weighted by Crippen LogP contribution is 2.34. The van der Waals surface area contributed by atoms with Crippen LogP contribution < -0.4 is 5.73 Å². The predicted octanol–water partition coefficient (Wildman–Crippen LogP) is 0.967. The number of Topliss-reactive ketones (excluding diaryl/α,β-unsaturated/α-hetero) is 1. The fourth-order valence-electron chi connectivity index (χ4n) is 2.76. The number of carbonyl (C=O) groups excluding carboxylic acids is 1. The quantitative estimate of drug-likeness (QED) is 0.733. The monoisotopic (exact) mass is 197 g/mol. The Morgan fingerprint density at radius 1 is 1.36 bits per heavy atom. The summed E-state index contributed by atoms with van der Waals surface area (Å²) in [6.45, 7) is 2.08. The molecule has 1 aliphatic heterocycles. The molecule has 1 aliphatic carbocycles. The van der Waals surface area contributed by atoms with Crippen LogP contribution in [0.25, 0.3) is 0 Å². The van der Waals surface area contributed by atoms with Gasteiger partial charge in [0.2, 0.25) is 0 Å². The minimum absolute atomic E-state index is 0.173. The van der Waals surface area contributed by atoms with E-state index in [-0.39, 0.29) is 11.8 Å². The van der Waals surface area contributed by atoms with Gasteiger partial charge in [-0.05, 0) is 31.7 Å². The van der Waals surface area contributed by atoms with E-state index in [0.717, 1.165) is 25.9 Å². The molecule has 80 valence electrons. The highest BCUT2D eigenvalue weighted by Gasteiger charge is 2.36. The zero-order valence-corrected chi connectivity index (χ0v) is 8.58. The topological polar surface area (TPSA) is 52.3 Å². The molecule has 2 N–H and O–H groups in total. The van der Waals surface area contributed by atoms with Gasteiger partial charge in [-0.1, -0.05) is 6.42 Å². The highest BCUT2D eigenvalue weighted by molar-refractivity contribution is 5.84. The summed E-state index contributed by atoms with van der Waals surface area (Å²) in [5, 5.41) is 0. The Kier molecular flexibility index (Phi) is 3.19. The third kappa shape index (κ3) is 1.84. The Hall–Kier alpha value is -0.410. The van der Waals surface area contributed by atoms with Gasteiger partial charge >= 0.3 is 0 Å². The fraction of sp³-hybridized carbons (Fsp3) is 0.909. The molecule has 0 amide bonds. The molecule has 0 aromatic rings. The molecular formula is C11H19NO2. The second-order valence-corrected chi connectivity index (χ2v) is 4.50. The molecule has 1 heterocycles. The number of rotatable bonds is 3. The number of hydrogen-bond acceptors (Lipinski definition) is 3. The second-order valence-electron chi connectivity index (χ2n) is 4.50. The van der Waals surface area contributed by atoms with Crippen molar-refractivity contribution in [3.63, 3.8) is 0 Å². The van der Waals surface area contributed by atoms with E-state index in [1.807, 2.05) is 0 Å². The van der Waals surface area contributed by atoms with E-state index in [1.54, 1.807) is 0 Å². The predicted molar refractivity (Wildman–Crippen MR) is 53.8 cm³/mol. The van der Waals surface area contributed by atoms with Crippen molar-refractivity contribution in [1.29, 1.82) is 0 Å². The van der Waals surface area contributed by atoms with Gasteiger partial charge in [0.25, 0.3) is 0 Å². The molecule has 1 saturated carbocycles. The molecule has 0 bridgehead atoms. The lowest BCUT2D eigenvalue weighted by Gasteiger charge is -2.19. The normalized spacial score (nSPS) is 37.6. The molecule has 0 radical (unpaired) electrons. The molecule has 0 aromatic carbocycles. The zero-order chi connectivity index (χ0) is 9.97.